The van der Waals surface area contributed by atoms with E-state index in [1.807, 2.05) is 29.7 Å². The van der Waals surface area contributed by atoms with Gasteiger partial charge in [0.1, 0.15) is 4.92 Å². The Kier molecular flexibility index (Phi) is 4.77. The van der Waals surface area contributed by atoms with Crippen molar-refractivity contribution < 1.29 is 18.9 Å². The van der Waals surface area contributed by atoms with Crippen molar-refractivity contribution in [2.24, 2.45) is 4.99 Å². The molecular formula is C16H15N3O5S. The quantitative estimate of drug-likeness (QED) is 0.514. The summed E-state index contributed by atoms with van der Waals surface area (Å²) in [5.41, 5.74) is 2.05. The highest BCUT2D eigenvalue weighted by atomic mass is 32.1. The fourth-order valence-corrected chi connectivity index (χ4v) is 3.50. The fraction of sp³-hybridized carbons (Fsp3) is 0.250. The predicted molar refractivity (Wildman–Crippen MR) is 91.7 cm³/mol. The molecule has 0 radical (unpaired) electrons. The molecule has 2 aromatic heterocycles. The van der Waals surface area contributed by atoms with Gasteiger partial charge in [0, 0.05) is 13.7 Å². The molecule has 0 N–H and O–H groups in total. The number of hydrogen-bond donors (Lipinski definition) is 0. The summed E-state index contributed by atoms with van der Waals surface area (Å²) >= 11 is 1.37. The summed E-state index contributed by atoms with van der Waals surface area (Å²) in [7, 11) is 1.60. The number of aryl methyl sites for hydroxylation is 1. The highest BCUT2D eigenvalue weighted by molar-refractivity contribution is 7.16. The molecule has 0 aliphatic heterocycles. The molecule has 1 aromatic carbocycles. The number of rotatable bonds is 5. The van der Waals surface area contributed by atoms with Crippen LogP contribution >= 0.6 is 11.3 Å². The molecule has 0 unspecified atom stereocenters. The van der Waals surface area contributed by atoms with Crippen LogP contribution in [0.1, 0.15) is 16.1 Å². The minimum absolute atomic E-state index is 0.168. The molecule has 0 aliphatic rings. The molecule has 130 valence electrons. The Morgan fingerprint density at radius 2 is 2.20 bits per heavy atom. The first-order valence-corrected chi connectivity index (χ1v) is 8.23. The molecule has 8 nitrogen and oxygen atoms in total. The fourth-order valence-electron chi connectivity index (χ4n) is 2.35. The van der Waals surface area contributed by atoms with E-state index in [4.69, 9.17) is 9.15 Å². The molecule has 1 amide bonds. The van der Waals surface area contributed by atoms with Crippen molar-refractivity contribution in [3.05, 3.63) is 56.6 Å². The minimum atomic E-state index is -0.697. The first kappa shape index (κ1) is 17.1. The second kappa shape index (κ2) is 6.99. The second-order valence-electron chi connectivity index (χ2n) is 5.31. The van der Waals surface area contributed by atoms with Gasteiger partial charge in [-0.05, 0) is 30.7 Å². The van der Waals surface area contributed by atoms with Crippen molar-refractivity contribution in [2.45, 2.75) is 13.5 Å². The molecular weight excluding hydrogens is 346 g/mol. The molecule has 0 aliphatic carbocycles. The summed E-state index contributed by atoms with van der Waals surface area (Å²) in [6.45, 7) is 2.99. The van der Waals surface area contributed by atoms with Gasteiger partial charge in [-0.25, -0.2) is 0 Å². The molecule has 0 saturated heterocycles. The maximum atomic E-state index is 12.3. The van der Waals surface area contributed by atoms with Gasteiger partial charge in [-0.2, -0.15) is 4.99 Å². The van der Waals surface area contributed by atoms with Crippen LogP contribution in [0.15, 0.2) is 39.7 Å². The number of fused-ring (bicyclic) bond motifs is 1. The third kappa shape index (κ3) is 3.52. The van der Waals surface area contributed by atoms with Gasteiger partial charge in [-0.3, -0.25) is 14.9 Å². The third-order valence-electron chi connectivity index (χ3n) is 3.54. The second-order valence-corrected chi connectivity index (χ2v) is 6.32. The van der Waals surface area contributed by atoms with Crippen LogP contribution in [0, 0.1) is 17.0 Å². The molecule has 3 rings (SSSR count). The van der Waals surface area contributed by atoms with Gasteiger partial charge in [0.25, 0.3) is 0 Å². The molecule has 9 heteroatoms. The van der Waals surface area contributed by atoms with Crippen molar-refractivity contribution in [1.82, 2.24) is 4.57 Å². The molecule has 0 spiro atoms. The SMILES string of the molecule is COCCn1c(=NC(=O)c2ccc([N+](=O)[O-])o2)sc2cc(C)ccc21. The Bertz CT molecular complexity index is 1010. The number of methoxy groups -OCH3 is 1. The van der Waals surface area contributed by atoms with Gasteiger partial charge in [-0.15, -0.1) is 0 Å². The van der Waals surface area contributed by atoms with Crippen LogP contribution in [0.4, 0.5) is 5.88 Å². The molecule has 0 atom stereocenters. The van der Waals surface area contributed by atoms with Gasteiger partial charge >= 0.3 is 11.8 Å². The molecule has 0 bridgehead atoms. The number of aromatic nitrogens is 1. The monoisotopic (exact) mass is 361 g/mol. The van der Waals surface area contributed by atoms with Crippen LogP contribution in [0.25, 0.3) is 10.2 Å². The van der Waals surface area contributed by atoms with Crippen molar-refractivity contribution in [3.63, 3.8) is 0 Å². The molecule has 25 heavy (non-hydrogen) atoms. The molecule has 3 aromatic rings. The minimum Gasteiger partial charge on any atom is -0.395 e. The predicted octanol–water partition coefficient (Wildman–Crippen LogP) is 2.90. The third-order valence-corrected chi connectivity index (χ3v) is 4.58. The van der Waals surface area contributed by atoms with Gasteiger partial charge in [-0.1, -0.05) is 17.4 Å². The number of nitro groups is 1. The summed E-state index contributed by atoms with van der Waals surface area (Å²) in [5.74, 6) is -1.32. The number of carbonyl (C=O) groups is 1. The number of hydrogen-bond acceptors (Lipinski definition) is 6. The smallest absolute Gasteiger partial charge is 0.395 e. The Morgan fingerprint density at radius 1 is 1.40 bits per heavy atom. The number of benzene rings is 1. The standard InChI is InChI=1S/C16H15N3O5S/c1-10-3-4-11-13(9-10)25-16(18(11)7-8-23-2)17-15(20)12-5-6-14(24-12)19(21)22/h3-6,9H,7-8H2,1-2H3. The van der Waals surface area contributed by atoms with Gasteiger partial charge in [0.15, 0.2) is 4.80 Å². The van der Waals surface area contributed by atoms with Crippen LogP contribution in [0.5, 0.6) is 0 Å². The van der Waals surface area contributed by atoms with Crippen molar-refractivity contribution in [2.75, 3.05) is 13.7 Å². The molecule has 2 heterocycles. The van der Waals surface area contributed by atoms with Gasteiger partial charge < -0.3 is 13.7 Å². The Hall–Kier alpha value is -2.78. The number of amides is 1. The summed E-state index contributed by atoms with van der Waals surface area (Å²) in [4.78, 5) is 26.9. The van der Waals surface area contributed by atoms with E-state index in [9.17, 15) is 14.9 Å². The van der Waals surface area contributed by atoms with E-state index < -0.39 is 16.7 Å². The van der Waals surface area contributed by atoms with E-state index in [-0.39, 0.29) is 5.76 Å². The van der Waals surface area contributed by atoms with Crippen LogP contribution in [0.2, 0.25) is 0 Å². The Labute approximate surface area is 146 Å². The Morgan fingerprint density at radius 3 is 2.88 bits per heavy atom. The van der Waals surface area contributed by atoms with Crippen LogP contribution < -0.4 is 4.80 Å². The lowest BCUT2D eigenvalue weighted by atomic mass is 10.2. The van der Waals surface area contributed by atoms with Crippen LogP contribution in [0.3, 0.4) is 0 Å². The number of ether oxygens (including phenoxy) is 1. The van der Waals surface area contributed by atoms with Gasteiger partial charge in [0.05, 0.1) is 22.9 Å². The van der Waals surface area contributed by atoms with Gasteiger partial charge in [0.2, 0.25) is 5.76 Å². The first-order chi connectivity index (χ1) is 12.0. The average molecular weight is 361 g/mol. The normalized spacial score (nSPS) is 12.0. The summed E-state index contributed by atoms with van der Waals surface area (Å²) in [6.07, 6.45) is 0. The number of nitrogens with zero attached hydrogens (tertiary/aromatic N) is 3. The van der Waals surface area contributed by atoms with Crippen molar-refractivity contribution in [1.29, 1.82) is 0 Å². The van der Waals surface area contributed by atoms with Crippen LogP contribution in [-0.4, -0.2) is 29.1 Å². The highest BCUT2D eigenvalue weighted by Gasteiger charge is 2.17. The maximum Gasteiger partial charge on any atom is 0.433 e. The number of furan rings is 1. The Balaban J connectivity index is 2.07. The van der Waals surface area contributed by atoms with E-state index in [1.54, 1.807) is 7.11 Å². The van der Waals surface area contributed by atoms with E-state index in [1.165, 1.54) is 17.4 Å². The van der Waals surface area contributed by atoms with E-state index in [0.29, 0.717) is 18.0 Å². The topological polar surface area (TPSA) is 99.9 Å². The molecule has 0 saturated carbocycles. The summed E-state index contributed by atoms with van der Waals surface area (Å²) in [5, 5.41) is 10.7. The zero-order valence-electron chi connectivity index (χ0n) is 13.6. The zero-order valence-corrected chi connectivity index (χ0v) is 14.4. The highest BCUT2D eigenvalue weighted by Crippen LogP contribution is 2.20. The summed E-state index contributed by atoms with van der Waals surface area (Å²) < 4.78 is 12.9. The number of carbonyl (C=O) groups excluding carboxylic acids is 1. The average Bonchev–Trinajstić information content (AvgIpc) is 3.17. The first-order valence-electron chi connectivity index (χ1n) is 7.42. The largest absolute Gasteiger partial charge is 0.433 e. The van der Waals surface area contributed by atoms with E-state index in [2.05, 4.69) is 4.99 Å². The van der Waals surface area contributed by atoms with E-state index in [0.717, 1.165) is 21.8 Å². The zero-order chi connectivity index (χ0) is 18.0. The lowest BCUT2D eigenvalue weighted by Gasteiger charge is -2.04. The maximum absolute atomic E-state index is 12.3. The lowest BCUT2D eigenvalue weighted by molar-refractivity contribution is -0.402. The van der Waals surface area contributed by atoms with Crippen molar-refractivity contribution >= 4 is 33.3 Å². The molecule has 0 fully saturated rings. The van der Waals surface area contributed by atoms with Crippen LogP contribution in [-0.2, 0) is 11.3 Å². The summed E-state index contributed by atoms with van der Waals surface area (Å²) in [6, 6.07) is 8.36. The number of thiazole rings is 1. The lowest BCUT2D eigenvalue weighted by Crippen LogP contribution is -2.19. The van der Waals surface area contributed by atoms with E-state index >= 15 is 0 Å². The van der Waals surface area contributed by atoms with Crippen molar-refractivity contribution in [3.8, 4) is 0 Å².